The summed E-state index contributed by atoms with van der Waals surface area (Å²) in [6, 6.07) is 0. The van der Waals surface area contributed by atoms with Crippen LogP contribution < -0.4 is 4.90 Å². The van der Waals surface area contributed by atoms with Gasteiger partial charge in [0.2, 0.25) is 5.69 Å². The van der Waals surface area contributed by atoms with Crippen LogP contribution in [0.4, 0.5) is 0 Å². The van der Waals surface area contributed by atoms with Gasteiger partial charge in [-0.3, -0.25) is 4.63 Å². The summed E-state index contributed by atoms with van der Waals surface area (Å²) in [6.07, 6.45) is 0.481. The first-order chi connectivity index (χ1) is 8.42. The molecule has 1 aliphatic rings. The minimum Gasteiger partial charge on any atom is -0.411 e. The third-order valence-electron chi connectivity index (χ3n) is 3.50. The Hall–Kier alpha value is -1.96. The number of fused-ring (bicyclic) bond motifs is 1. The highest BCUT2D eigenvalue weighted by atomic mass is 16.8. The van der Waals surface area contributed by atoms with Crippen molar-refractivity contribution in [3.05, 3.63) is 16.6 Å². The van der Waals surface area contributed by atoms with E-state index in [9.17, 15) is 10.3 Å². The molecule has 0 bridgehead atoms. The van der Waals surface area contributed by atoms with E-state index in [4.69, 9.17) is 10.6 Å². The van der Waals surface area contributed by atoms with E-state index in [2.05, 4.69) is 14.9 Å². The molecule has 2 unspecified atom stereocenters. The zero-order valence-corrected chi connectivity index (χ0v) is 10.0. The molecule has 0 spiro atoms. The average Bonchev–Trinajstić information content (AvgIpc) is 2.71. The van der Waals surface area contributed by atoms with Crippen molar-refractivity contribution in [2.24, 2.45) is 11.1 Å². The van der Waals surface area contributed by atoms with Crippen molar-refractivity contribution in [1.29, 1.82) is 5.41 Å². The SMILES string of the molecule is CC(=N)C(C)C1(O)/C(=N/O)CCc2c1no[n+]2[O-]. The lowest BCUT2D eigenvalue weighted by molar-refractivity contribution is -0.808. The molecule has 8 heteroatoms. The number of nitrogens with one attached hydrogen (secondary N) is 1. The minimum atomic E-state index is -1.77. The Kier molecular flexibility index (Phi) is 2.81. The van der Waals surface area contributed by atoms with E-state index in [1.165, 1.54) is 6.92 Å². The van der Waals surface area contributed by atoms with E-state index < -0.39 is 11.5 Å². The van der Waals surface area contributed by atoms with Gasteiger partial charge in [0, 0.05) is 29.6 Å². The van der Waals surface area contributed by atoms with Crippen LogP contribution in [0.25, 0.3) is 0 Å². The molecule has 3 N–H and O–H groups in total. The summed E-state index contributed by atoms with van der Waals surface area (Å²) in [4.78, 5) is 0.237. The van der Waals surface area contributed by atoms with Crippen molar-refractivity contribution >= 4 is 11.4 Å². The fourth-order valence-electron chi connectivity index (χ4n) is 2.22. The van der Waals surface area contributed by atoms with E-state index in [1.807, 2.05) is 0 Å². The highest BCUT2D eigenvalue weighted by Crippen LogP contribution is 2.37. The van der Waals surface area contributed by atoms with Gasteiger partial charge in [-0.1, -0.05) is 12.1 Å². The van der Waals surface area contributed by atoms with Crippen molar-refractivity contribution in [3.8, 4) is 0 Å². The van der Waals surface area contributed by atoms with Gasteiger partial charge in [0.05, 0.1) is 5.71 Å². The van der Waals surface area contributed by atoms with E-state index in [-0.39, 0.29) is 40.6 Å². The minimum absolute atomic E-state index is 0.0238. The van der Waals surface area contributed by atoms with Crippen LogP contribution in [0.5, 0.6) is 0 Å². The molecular formula is C10H14N4O4. The Morgan fingerprint density at radius 2 is 2.33 bits per heavy atom. The summed E-state index contributed by atoms with van der Waals surface area (Å²) in [6.45, 7) is 3.13. The van der Waals surface area contributed by atoms with Crippen LogP contribution in [-0.2, 0) is 12.0 Å². The number of oxime groups is 1. The third kappa shape index (κ3) is 1.49. The predicted molar refractivity (Wildman–Crippen MR) is 59.5 cm³/mol. The van der Waals surface area contributed by atoms with E-state index in [0.29, 0.717) is 0 Å². The van der Waals surface area contributed by atoms with Crippen LogP contribution >= 0.6 is 0 Å². The second kappa shape index (κ2) is 4.05. The molecule has 1 heterocycles. The van der Waals surface area contributed by atoms with Gasteiger partial charge >= 0.3 is 0 Å². The molecule has 2 atom stereocenters. The molecular weight excluding hydrogens is 240 g/mol. The van der Waals surface area contributed by atoms with Gasteiger partial charge < -0.3 is 20.9 Å². The maximum Gasteiger partial charge on any atom is 0.259 e. The standard InChI is InChI=1S/C10H14N4O4/c1-5(6(2)11)10(15)8(12-16)4-3-7-9(10)13-18-14(7)17/h5,11,15-16H,3-4H2,1-2H3/b11-6?,12-8+. The third-order valence-corrected chi connectivity index (χ3v) is 3.50. The van der Waals surface area contributed by atoms with Gasteiger partial charge in [0.1, 0.15) is 0 Å². The Morgan fingerprint density at radius 3 is 2.89 bits per heavy atom. The number of rotatable bonds is 2. The van der Waals surface area contributed by atoms with E-state index in [1.54, 1.807) is 6.92 Å². The summed E-state index contributed by atoms with van der Waals surface area (Å²) < 4.78 is 4.48. The normalized spacial score (nSPS) is 26.9. The summed E-state index contributed by atoms with van der Waals surface area (Å²) in [5.41, 5.74) is -1.27. The first kappa shape index (κ1) is 12.5. The number of aromatic nitrogens is 2. The Morgan fingerprint density at radius 1 is 1.67 bits per heavy atom. The molecule has 1 aromatic heterocycles. The van der Waals surface area contributed by atoms with Crippen LogP contribution in [0, 0.1) is 16.5 Å². The molecule has 98 valence electrons. The fourth-order valence-corrected chi connectivity index (χ4v) is 2.22. The van der Waals surface area contributed by atoms with Crippen molar-refractivity contribution < 1.29 is 19.8 Å². The van der Waals surface area contributed by atoms with Gasteiger partial charge in [-0.05, 0) is 11.8 Å². The van der Waals surface area contributed by atoms with E-state index in [0.717, 1.165) is 0 Å². The summed E-state index contributed by atoms with van der Waals surface area (Å²) in [5.74, 6) is -0.674. The molecule has 1 aromatic rings. The molecule has 0 aromatic carbocycles. The Labute approximate surface area is 103 Å². The van der Waals surface area contributed by atoms with Gasteiger partial charge in [0.15, 0.2) is 5.60 Å². The lowest BCUT2D eigenvalue weighted by Crippen LogP contribution is -2.49. The largest absolute Gasteiger partial charge is 0.411 e. The number of aliphatic hydroxyl groups is 1. The highest BCUT2D eigenvalue weighted by molar-refractivity contribution is 5.99. The quantitative estimate of drug-likeness (QED) is 0.295. The first-order valence-electron chi connectivity index (χ1n) is 5.50. The van der Waals surface area contributed by atoms with Gasteiger partial charge in [0.25, 0.3) is 5.69 Å². The van der Waals surface area contributed by atoms with Crippen molar-refractivity contribution in [2.45, 2.75) is 32.3 Å². The van der Waals surface area contributed by atoms with Gasteiger partial charge in [-0.25, -0.2) is 0 Å². The van der Waals surface area contributed by atoms with Crippen molar-refractivity contribution in [2.75, 3.05) is 0 Å². The summed E-state index contributed by atoms with van der Waals surface area (Å²) in [5, 5.41) is 45.4. The Balaban J connectivity index is 2.63. The van der Waals surface area contributed by atoms with Crippen LogP contribution in [0.1, 0.15) is 31.7 Å². The number of hydrogen-bond acceptors (Lipinski definition) is 7. The molecule has 0 saturated heterocycles. The fraction of sp³-hybridized carbons (Fsp3) is 0.600. The second-order valence-electron chi connectivity index (χ2n) is 4.44. The smallest absolute Gasteiger partial charge is 0.259 e. The van der Waals surface area contributed by atoms with Gasteiger partial charge in [-0.2, -0.15) is 0 Å². The summed E-state index contributed by atoms with van der Waals surface area (Å²) >= 11 is 0. The molecule has 0 radical (unpaired) electrons. The maximum atomic E-state index is 11.4. The molecule has 0 saturated carbocycles. The molecule has 0 amide bonds. The van der Waals surface area contributed by atoms with Crippen LogP contribution in [0.2, 0.25) is 0 Å². The molecule has 1 aliphatic carbocycles. The topological polar surface area (TPSA) is 130 Å². The van der Waals surface area contributed by atoms with Crippen LogP contribution in [0.15, 0.2) is 9.78 Å². The lowest BCUT2D eigenvalue weighted by atomic mass is 9.73. The average molecular weight is 254 g/mol. The number of nitrogens with zero attached hydrogens (tertiary/aromatic N) is 3. The van der Waals surface area contributed by atoms with Crippen molar-refractivity contribution in [3.63, 3.8) is 0 Å². The zero-order valence-electron chi connectivity index (χ0n) is 10.0. The monoisotopic (exact) mass is 254 g/mol. The first-order valence-corrected chi connectivity index (χ1v) is 5.50. The van der Waals surface area contributed by atoms with Crippen LogP contribution in [-0.4, -0.2) is 26.9 Å². The van der Waals surface area contributed by atoms with Gasteiger partial charge in [-0.15, -0.1) is 0 Å². The number of hydrogen-bond donors (Lipinski definition) is 3. The molecule has 8 nitrogen and oxygen atoms in total. The molecule has 0 aliphatic heterocycles. The van der Waals surface area contributed by atoms with Crippen LogP contribution in [0.3, 0.4) is 0 Å². The van der Waals surface area contributed by atoms with E-state index >= 15 is 0 Å². The maximum absolute atomic E-state index is 11.4. The highest BCUT2D eigenvalue weighted by Gasteiger charge is 2.53. The molecule has 2 rings (SSSR count). The molecule has 0 fully saturated rings. The molecule has 18 heavy (non-hydrogen) atoms. The van der Waals surface area contributed by atoms with Crippen molar-refractivity contribution in [1.82, 2.24) is 5.16 Å². The summed E-state index contributed by atoms with van der Waals surface area (Å²) in [7, 11) is 0. The predicted octanol–water partition coefficient (Wildman–Crippen LogP) is -0.0522. The Bertz CT molecular complexity index is 524. The lowest BCUT2D eigenvalue weighted by Gasteiger charge is -2.33. The zero-order chi connectivity index (χ0) is 13.5. The second-order valence-corrected chi connectivity index (χ2v) is 4.44.